The number of hydrogen-bond acceptors (Lipinski definition) is 5. The number of nitrogens with zero attached hydrogens (tertiary/aromatic N) is 1. The Morgan fingerprint density at radius 3 is 2.68 bits per heavy atom. The Labute approximate surface area is 158 Å². The molecule has 0 saturated heterocycles. The number of aromatic nitrogens is 1. The van der Waals surface area contributed by atoms with Gasteiger partial charge in [0.05, 0.1) is 35.2 Å². The Hall–Kier alpha value is -1.87. The van der Waals surface area contributed by atoms with Gasteiger partial charge in [0, 0.05) is 18.4 Å². The van der Waals surface area contributed by atoms with Crippen molar-refractivity contribution < 1.29 is 19.5 Å². The molecule has 2 rings (SSSR count). The molecule has 0 saturated carbocycles. The maximum atomic E-state index is 12.3. The van der Waals surface area contributed by atoms with E-state index in [-0.39, 0.29) is 24.6 Å². The number of nitrogens with one attached hydrogen (secondary N) is 2. The third-order valence-electron chi connectivity index (χ3n) is 3.38. The third kappa shape index (κ3) is 4.60. The highest BCUT2D eigenvalue weighted by Gasteiger charge is 2.21. The first-order valence-corrected chi connectivity index (χ1v) is 8.48. The summed E-state index contributed by atoms with van der Waals surface area (Å²) < 4.78 is 2.39. The van der Waals surface area contributed by atoms with Crippen molar-refractivity contribution in [1.82, 2.24) is 10.0 Å². The lowest BCUT2D eigenvalue weighted by Gasteiger charge is -2.13. The number of hydrogen-bond donors (Lipinski definition) is 3. The van der Waals surface area contributed by atoms with Crippen molar-refractivity contribution in [1.29, 1.82) is 0 Å². The maximum absolute atomic E-state index is 12.3. The largest absolute Gasteiger partial charge is 0.394 e. The summed E-state index contributed by atoms with van der Waals surface area (Å²) in [7, 11) is 1.66. The molecular weight excluding hydrogens is 414 g/mol. The zero-order chi connectivity index (χ0) is 18.6. The molecule has 0 fully saturated rings. The lowest BCUT2D eigenvalue weighted by atomic mass is 10.2. The van der Waals surface area contributed by atoms with Gasteiger partial charge in [0.25, 0.3) is 5.91 Å². The minimum absolute atomic E-state index is 0.0422. The molecule has 0 aliphatic carbocycles. The van der Waals surface area contributed by atoms with Crippen LogP contribution in [0.5, 0.6) is 0 Å². The first kappa shape index (κ1) is 19.5. The fraction of sp³-hybridized carbons (Fsp3) is 0.250. The monoisotopic (exact) mass is 429 g/mol. The predicted molar refractivity (Wildman–Crippen MR) is 98.4 cm³/mol. The minimum Gasteiger partial charge on any atom is -0.394 e. The number of carbonyl (C=O) groups excluding carboxylic acids is 2. The Bertz CT molecular complexity index is 807. The highest BCUT2D eigenvalue weighted by molar-refractivity contribution is 9.10. The zero-order valence-electron chi connectivity index (χ0n) is 13.6. The van der Waals surface area contributed by atoms with E-state index in [2.05, 4.69) is 26.7 Å². The van der Waals surface area contributed by atoms with Crippen LogP contribution in [0.2, 0.25) is 5.02 Å². The summed E-state index contributed by atoms with van der Waals surface area (Å²) in [6, 6.07) is 6.72. The van der Waals surface area contributed by atoms with Crippen molar-refractivity contribution >= 4 is 50.7 Å². The number of Topliss-reactive ketones (excluding diaryl/α,β-unsaturated/α-hetero) is 1. The number of aliphatic hydroxyl groups excluding tert-OH is 1. The Kier molecular flexibility index (Phi) is 6.60. The summed E-state index contributed by atoms with van der Waals surface area (Å²) in [6.45, 7) is 1.14. The van der Waals surface area contributed by atoms with Gasteiger partial charge in [0.2, 0.25) is 0 Å². The smallest absolute Gasteiger partial charge is 0.278 e. The summed E-state index contributed by atoms with van der Waals surface area (Å²) in [5.74, 6) is -0.352. The van der Waals surface area contributed by atoms with Crippen LogP contribution in [0, 0.1) is 0 Å². The van der Waals surface area contributed by atoms with Crippen LogP contribution in [-0.4, -0.2) is 34.6 Å². The van der Waals surface area contributed by atoms with E-state index in [4.69, 9.17) is 21.5 Å². The van der Waals surface area contributed by atoms with E-state index in [1.54, 1.807) is 29.8 Å². The first-order chi connectivity index (χ1) is 11.8. The number of aliphatic hydroxyl groups is 1. The number of ketones is 1. The van der Waals surface area contributed by atoms with E-state index < -0.39 is 5.91 Å². The van der Waals surface area contributed by atoms with Crippen LogP contribution < -0.4 is 10.8 Å². The van der Waals surface area contributed by atoms with Crippen LogP contribution in [0.1, 0.15) is 27.8 Å². The van der Waals surface area contributed by atoms with Gasteiger partial charge in [-0.1, -0.05) is 27.5 Å². The number of benzene rings is 1. The Balaban J connectivity index is 2.40. The highest BCUT2D eigenvalue weighted by atomic mass is 79.9. The average molecular weight is 431 g/mol. The molecule has 3 N–H and O–H groups in total. The molecule has 134 valence electrons. The summed E-state index contributed by atoms with van der Waals surface area (Å²) >= 11 is 9.54. The number of rotatable bonds is 7. The highest BCUT2D eigenvalue weighted by Crippen LogP contribution is 2.31. The first-order valence-electron chi connectivity index (χ1n) is 7.31. The van der Waals surface area contributed by atoms with Crippen LogP contribution in [-0.2, 0) is 11.9 Å². The van der Waals surface area contributed by atoms with Crippen LogP contribution in [0.15, 0.2) is 28.7 Å². The number of hydroxylamine groups is 1. The predicted octanol–water partition coefficient (Wildman–Crippen LogP) is 3.04. The average Bonchev–Trinajstić information content (AvgIpc) is 2.87. The van der Waals surface area contributed by atoms with Crippen molar-refractivity contribution in [3.63, 3.8) is 0 Å². The molecule has 1 heterocycles. The molecule has 0 radical (unpaired) electrons. The van der Waals surface area contributed by atoms with E-state index in [1.807, 2.05) is 0 Å². The molecular formula is C16H17BrClN3O4. The lowest BCUT2D eigenvalue weighted by Crippen LogP contribution is -2.25. The zero-order valence-corrected chi connectivity index (χ0v) is 15.9. The van der Waals surface area contributed by atoms with Crippen molar-refractivity contribution in [3.8, 4) is 0 Å². The van der Waals surface area contributed by atoms with E-state index >= 15 is 0 Å². The molecule has 1 amide bonds. The number of amides is 1. The second-order valence-corrected chi connectivity index (χ2v) is 6.48. The van der Waals surface area contributed by atoms with Crippen LogP contribution in [0.25, 0.3) is 0 Å². The quantitative estimate of drug-likeness (QED) is 0.357. The Morgan fingerprint density at radius 1 is 1.36 bits per heavy atom. The summed E-state index contributed by atoms with van der Waals surface area (Å²) in [4.78, 5) is 29.0. The molecule has 1 aromatic heterocycles. The summed E-state index contributed by atoms with van der Waals surface area (Å²) in [5, 5.41) is 12.2. The van der Waals surface area contributed by atoms with E-state index in [0.717, 1.165) is 4.47 Å². The molecule has 1 aromatic carbocycles. The van der Waals surface area contributed by atoms with E-state index in [1.165, 1.54) is 13.0 Å². The molecule has 7 nitrogen and oxygen atoms in total. The van der Waals surface area contributed by atoms with Crippen LogP contribution in [0.3, 0.4) is 0 Å². The normalized spacial score (nSPS) is 10.6. The SMILES string of the molecule is CC(=O)c1cc(C(=O)NOCCO)c(Nc2ccc(Br)cc2Cl)n1C. The van der Waals surface area contributed by atoms with Gasteiger partial charge in [0.1, 0.15) is 5.82 Å². The minimum atomic E-state index is -0.549. The fourth-order valence-electron chi connectivity index (χ4n) is 2.20. The van der Waals surface area contributed by atoms with Gasteiger partial charge in [-0.3, -0.25) is 14.4 Å². The van der Waals surface area contributed by atoms with E-state index in [9.17, 15) is 9.59 Å². The summed E-state index contributed by atoms with van der Waals surface area (Å²) in [6.07, 6.45) is 0. The molecule has 0 bridgehead atoms. The topological polar surface area (TPSA) is 92.6 Å². The fourth-order valence-corrected chi connectivity index (χ4v) is 2.92. The molecule has 0 unspecified atom stereocenters. The van der Waals surface area contributed by atoms with Gasteiger partial charge in [-0.25, -0.2) is 5.48 Å². The molecule has 0 spiro atoms. The molecule has 0 atom stereocenters. The van der Waals surface area contributed by atoms with Crippen molar-refractivity contribution in [2.75, 3.05) is 18.5 Å². The molecule has 9 heteroatoms. The standard InChI is InChI=1S/C16H17BrClN3O4/c1-9(23)14-8-11(16(24)20-25-6-5-22)15(21(14)2)19-13-4-3-10(17)7-12(13)18/h3-4,7-8,19,22H,5-6H2,1-2H3,(H,20,24). The lowest BCUT2D eigenvalue weighted by molar-refractivity contribution is 0.0169. The third-order valence-corrected chi connectivity index (χ3v) is 4.19. The van der Waals surface area contributed by atoms with Gasteiger partial charge in [-0.15, -0.1) is 0 Å². The molecule has 25 heavy (non-hydrogen) atoms. The molecule has 2 aromatic rings. The van der Waals surface area contributed by atoms with Crippen molar-refractivity contribution in [2.45, 2.75) is 6.92 Å². The van der Waals surface area contributed by atoms with E-state index in [0.29, 0.717) is 22.2 Å². The van der Waals surface area contributed by atoms with Crippen molar-refractivity contribution in [3.05, 3.63) is 45.0 Å². The summed E-state index contributed by atoms with van der Waals surface area (Å²) in [5.41, 5.74) is 3.36. The second kappa shape index (κ2) is 8.48. The van der Waals surface area contributed by atoms with Gasteiger partial charge < -0.3 is 15.0 Å². The van der Waals surface area contributed by atoms with Gasteiger partial charge in [-0.2, -0.15) is 0 Å². The van der Waals surface area contributed by atoms with Crippen LogP contribution >= 0.6 is 27.5 Å². The number of halogens is 2. The molecule has 0 aliphatic heterocycles. The number of anilines is 2. The van der Waals surface area contributed by atoms with Gasteiger partial charge in [-0.05, 0) is 24.3 Å². The van der Waals surface area contributed by atoms with Crippen molar-refractivity contribution in [2.24, 2.45) is 7.05 Å². The second-order valence-electron chi connectivity index (χ2n) is 5.16. The maximum Gasteiger partial charge on any atom is 0.278 e. The Morgan fingerprint density at radius 2 is 2.08 bits per heavy atom. The number of carbonyl (C=O) groups is 2. The van der Waals surface area contributed by atoms with Gasteiger partial charge >= 0.3 is 0 Å². The van der Waals surface area contributed by atoms with Gasteiger partial charge in [0.15, 0.2) is 5.78 Å². The van der Waals surface area contributed by atoms with Crippen LogP contribution in [0.4, 0.5) is 11.5 Å². The molecule has 0 aliphatic rings.